The largest absolute Gasteiger partial charge is 0.490 e. The van der Waals surface area contributed by atoms with Gasteiger partial charge in [0.05, 0.1) is 0 Å². The van der Waals surface area contributed by atoms with Gasteiger partial charge in [0.25, 0.3) is 0 Å². The second-order valence-corrected chi connectivity index (χ2v) is 8.33. The molecule has 10 nitrogen and oxygen atoms in total. The molecule has 16 heteroatoms. The topological polar surface area (TPSA) is 187 Å². The second-order valence-electron chi connectivity index (χ2n) is 8.33. The smallest absolute Gasteiger partial charge is 0.480 e. The van der Waals surface area contributed by atoms with Crippen LogP contribution in [0.2, 0.25) is 0 Å². The lowest BCUT2D eigenvalue weighted by atomic mass is 10.1. The van der Waals surface area contributed by atoms with Crippen LogP contribution in [0.25, 0.3) is 0 Å². The molecule has 0 spiro atoms. The Bertz CT molecular complexity index is 1230. The Hall–Kier alpha value is -5.12. The predicted molar refractivity (Wildman–Crippen MR) is 145 cm³/mol. The van der Waals surface area contributed by atoms with E-state index in [1.165, 1.54) is 0 Å². The molecule has 0 saturated carbocycles. The molecule has 3 aromatic rings. The first-order valence-electron chi connectivity index (χ1n) is 12.0. The van der Waals surface area contributed by atoms with Gasteiger partial charge in [-0.1, -0.05) is 78.9 Å². The Morgan fingerprint density at radius 3 is 1.20 bits per heavy atom. The molecule has 0 aliphatic carbocycles. The van der Waals surface area contributed by atoms with Crippen molar-refractivity contribution in [1.82, 2.24) is 0 Å². The minimum Gasteiger partial charge on any atom is -0.480 e. The van der Waals surface area contributed by atoms with Crippen LogP contribution in [-0.4, -0.2) is 68.7 Å². The van der Waals surface area contributed by atoms with Crippen molar-refractivity contribution in [2.75, 3.05) is 5.32 Å². The molecule has 0 heterocycles. The molecule has 2 unspecified atom stereocenters. The average Bonchev–Trinajstić information content (AvgIpc) is 2.94. The van der Waals surface area contributed by atoms with E-state index in [0.717, 1.165) is 16.8 Å². The van der Waals surface area contributed by atoms with E-state index in [2.05, 4.69) is 5.32 Å². The van der Waals surface area contributed by atoms with Gasteiger partial charge in [0.15, 0.2) is 0 Å². The Kier molecular flexibility index (Phi) is 16.9. The molecule has 0 radical (unpaired) electrons. The van der Waals surface area contributed by atoms with Crippen molar-refractivity contribution in [1.29, 1.82) is 0 Å². The van der Waals surface area contributed by atoms with Crippen molar-refractivity contribution >= 4 is 29.6 Å². The first-order chi connectivity index (χ1) is 20.3. The molecule has 3 rings (SSSR count). The number of para-hydroxylation sites is 1. The number of anilines is 1. The molecular weight excluding hydrogens is 606 g/mol. The number of alkyl halides is 6. The maximum absolute atomic E-state index is 11.2. The number of nitrogens with two attached hydrogens (primary N) is 1. The van der Waals surface area contributed by atoms with Crippen molar-refractivity contribution in [3.8, 4) is 0 Å². The van der Waals surface area contributed by atoms with Crippen LogP contribution in [0.1, 0.15) is 11.1 Å². The Balaban J connectivity index is 0.000000615. The van der Waals surface area contributed by atoms with E-state index in [-0.39, 0.29) is 0 Å². The molecule has 3 aromatic carbocycles. The van der Waals surface area contributed by atoms with Crippen LogP contribution in [0.4, 0.5) is 32.0 Å². The molecule has 240 valence electrons. The van der Waals surface area contributed by atoms with Gasteiger partial charge in [-0.15, -0.1) is 0 Å². The van der Waals surface area contributed by atoms with Gasteiger partial charge in [0, 0.05) is 12.1 Å². The van der Waals surface area contributed by atoms with Gasteiger partial charge in [-0.2, -0.15) is 26.3 Å². The summed E-state index contributed by atoms with van der Waals surface area (Å²) in [6, 6.07) is 26.9. The summed E-state index contributed by atoms with van der Waals surface area (Å²) in [6.07, 6.45) is -9.32. The molecule has 0 aliphatic rings. The van der Waals surface area contributed by atoms with Crippen molar-refractivity contribution in [3.05, 3.63) is 102 Å². The van der Waals surface area contributed by atoms with Crippen LogP contribution in [0.5, 0.6) is 0 Å². The summed E-state index contributed by atoms with van der Waals surface area (Å²) in [5, 5.41) is 35.0. The minimum absolute atomic E-state index is 0.385. The van der Waals surface area contributed by atoms with Crippen molar-refractivity contribution in [2.24, 2.45) is 5.73 Å². The van der Waals surface area contributed by atoms with E-state index in [1.807, 2.05) is 91.0 Å². The third kappa shape index (κ3) is 18.3. The van der Waals surface area contributed by atoms with Gasteiger partial charge in [-0.3, -0.25) is 4.79 Å². The lowest BCUT2D eigenvalue weighted by Crippen LogP contribution is -2.32. The molecule has 0 aromatic heterocycles. The van der Waals surface area contributed by atoms with Crippen LogP contribution in [-0.2, 0) is 32.0 Å². The minimum atomic E-state index is -5.08. The van der Waals surface area contributed by atoms with Crippen LogP contribution >= 0.6 is 0 Å². The highest BCUT2D eigenvalue weighted by molar-refractivity contribution is 5.77. The summed E-state index contributed by atoms with van der Waals surface area (Å²) in [4.78, 5) is 39.4. The lowest BCUT2D eigenvalue weighted by Gasteiger charge is -2.15. The zero-order valence-corrected chi connectivity index (χ0v) is 22.5. The number of benzene rings is 3. The number of hydrogen-bond donors (Lipinski definition) is 6. The van der Waals surface area contributed by atoms with Crippen LogP contribution < -0.4 is 11.1 Å². The number of hydrogen-bond acceptors (Lipinski definition) is 6. The standard InChI is InChI=1S/C15H15NO2.C9H11NO2.2C2HF3O2/c17-15(18)14(11-12-7-3-1-4-8-12)16-13-9-5-2-6-10-13;10-8(9(11)12)6-7-4-2-1-3-5-7;2*3-2(4,5)1(6)7/h1-10,14,16H,11H2,(H,17,18);1-5,8H,6,10H2,(H,11,12);2*(H,6,7). The molecule has 44 heavy (non-hydrogen) atoms. The molecular formula is C28H28F6N2O8. The number of carboxylic acid groups (broad SMARTS) is 4. The third-order valence-electron chi connectivity index (χ3n) is 4.80. The summed E-state index contributed by atoms with van der Waals surface area (Å²) < 4.78 is 63.5. The number of carbonyl (C=O) groups is 4. The van der Waals surface area contributed by atoms with E-state index >= 15 is 0 Å². The van der Waals surface area contributed by atoms with E-state index in [1.54, 1.807) is 0 Å². The zero-order valence-electron chi connectivity index (χ0n) is 22.5. The highest BCUT2D eigenvalue weighted by Crippen LogP contribution is 2.14. The van der Waals surface area contributed by atoms with E-state index in [4.69, 9.17) is 30.6 Å². The fourth-order valence-corrected chi connectivity index (χ4v) is 2.74. The highest BCUT2D eigenvalue weighted by Gasteiger charge is 2.38. The molecule has 0 saturated heterocycles. The van der Waals surface area contributed by atoms with Crippen molar-refractivity contribution in [2.45, 2.75) is 37.3 Å². The number of aliphatic carboxylic acids is 4. The fraction of sp³-hybridized carbons (Fsp3) is 0.214. The number of carboxylic acids is 4. The number of halogens is 6. The predicted octanol–water partition coefficient (Wildman–Crippen LogP) is 4.70. The van der Waals surface area contributed by atoms with E-state index < -0.39 is 48.3 Å². The fourth-order valence-electron chi connectivity index (χ4n) is 2.74. The number of rotatable bonds is 8. The lowest BCUT2D eigenvalue weighted by molar-refractivity contribution is -0.193. The van der Waals surface area contributed by atoms with Gasteiger partial charge in [0.1, 0.15) is 12.1 Å². The molecule has 0 fully saturated rings. The summed E-state index contributed by atoms with van der Waals surface area (Å²) >= 11 is 0. The van der Waals surface area contributed by atoms with E-state index in [0.29, 0.717) is 12.8 Å². The summed E-state index contributed by atoms with van der Waals surface area (Å²) in [5.74, 6) is -7.32. The highest BCUT2D eigenvalue weighted by atomic mass is 19.4. The van der Waals surface area contributed by atoms with E-state index in [9.17, 15) is 41.0 Å². The summed E-state index contributed by atoms with van der Waals surface area (Å²) in [7, 11) is 0. The Labute approximate surface area is 246 Å². The normalized spacial score (nSPS) is 11.8. The zero-order chi connectivity index (χ0) is 33.9. The first kappa shape index (κ1) is 38.9. The maximum atomic E-state index is 11.2. The second kappa shape index (κ2) is 19.1. The average molecular weight is 635 g/mol. The van der Waals surface area contributed by atoms with Gasteiger partial charge in [-0.05, 0) is 29.7 Å². The van der Waals surface area contributed by atoms with Gasteiger partial charge in [-0.25, -0.2) is 14.4 Å². The monoisotopic (exact) mass is 634 g/mol. The van der Waals surface area contributed by atoms with Crippen LogP contribution in [0.15, 0.2) is 91.0 Å². The van der Waals surface area contributed by atoms with Gasteiger partial charge >= 0.3 is 36.2 Å². The molecule has 7 N–H and O–H groups in total. The summed E-state index contributed by atoms with van der Waals surface area (Å²) in [5.41, 5.74) is 8.13. The van der Waals surface area contributed by atoms with Crippen molar-refractivity contribution in [3.63, 3.8) is 0 Å². The van der Waals surface area contributed by atoms with Crippen LogP contribution in [0, 0.1) is 0 Å². The molecule has 0 bridgehead atoms. The molecule has 2 atom stereocenters. The molecule has 0 amide bonds. The number of nitrogens with one attached hydrogen (secondary N) is 1. The summed E-state index contributed by atoms with van der Waals surface area (Å²) in [6.45, 7) is 0. The van der Waals surface area contributed by atoms with Gasteiger partial charge < -0.3 is 31.5 Å². The first-order valence-corrected chi connectivity index (χ1v) is 12.0. The Morgan fingerprint density at radius 2 is 0.909 bits per heavy atom. The molecule has 0 aliphatic heterocycles. The maximum Gasteiger partial charge on any atom is 0.490 e. The van der Waals surface area contributed by atoms with Crippen LogP contribution in [0.3, 0.4) is 0 Å². The SMILES string of the molecule is NC(Cc1ccccc1)C(=O)O.O=C(O)C(Cc1ccccc1)Nc1ccccc1.O=C(O)C(F)(F)F.O=C(O)C(F)(F)F. The Morgan fingerprint density at radius 1 is 0.591 bits per heavy atom. The third-order valence-corrected chi connectivity index (χ3v) is 4.80. The van der Waals surface area contributed by atoms with Gasteiger partial charge in [0.2, 0.25) is 0 Å². The van der Waals surface area contributed by atoms with Crippen molar-refractivity contribution < 1.29 is 65.9 Å². The quantitative estimate of drug-likeness (QED) is 0.190.